The molecule has 0 radical (unpaired) electrons. The highest BCUT2D eigenvalue weighted by Crippen LogP contribution is 2.08. The molecule has 3 N–H and O–H groups in total. The number of aromatic carboxylic acids is 1. The van der Waals surface area contributed by atoms with Gasteiger partial charge in [0, 0.05) is 6.54 Å². The lowest BCUT2D eigenvalue weighted by Gasteiger charge is -2.22. The Morgan fingerprint density at radius 1 is 1.26 bits per heavy atom. The lowest BCUT2D eigenvalue weighted by Crippen LogP contribution is -2.46. The molecule has 1 saturated heterocycles. The third kappa shape index (κ3) is 3.79. The van der Waals surface area contributed by atoms with Crippen LogP contribution in [0, 0.1) is 0 Å². The Balaban J connectivity index is 1.84. The van der Waals surface area contributed by atoms with E-state index in [0.29, 0.717) is 6.54 Å². The minimum atomic E-state index is -0.943. The van der Waals surface area contributed by atoms with Gasteiger partial charge in [-0.05, 0) is 37.1 Å². The van der Waals surface area contributed by atoms with Gasteiger partial charge in [-0.1, -0.05) is 18.6 Å². The maximum Gasteiger partial charge on any atom is 0.335 e. The molecule has 2 rings (SSSR count). The molecule has 0 saturated carbocycles. The summed E-state index contributed by atoms with van der Waals surface area (Å²) < 4.78 is 0. The first-order valence-corrected chi connectivity index (χ1v) is 6.50. The third-order valence-electron chi connectivity index (χ3n) is 3.29. The van der Waals surface area contributed by atoms with Crippen LogP contribution in [0.25, 0.3) is 0 Å². The molecule has 1 heterocycles. The number of carbonyl (C=O) groups is 2. The number of nitrogens with one attached hydrogen (secondary N) is 2. The minimum Gasteiger partial charge on any atom is -0.478 e. The summed E-state index contributed by atoms with van der Waals surface area (Å²) in [5.74, 6) is -0.927. The van der Waals surface area contributed by atoms with Crippen molar-refractivity contribution in [2.45, 2.75) is 31.8 Å². The van der Waals surface area contributed by atoms with Crippen LogP contribution < -0.4 is 10.6 Å². The van der Waals surface area contributed by atoms with Gasteiger partial charge in [-0.15, -0.1) is 0 Å². The van der Waals surface area contributed by atoms with Crippen LogP contribution in [0.1, 0.15) is 35.2 Å². The first-order valence-electron chi connectivity index (χ1n) is 6.50. The maximum absolute atomic E-state index is 11.9. The largest absolute Gasteiger partial charge is 0.478 e. The van der Waals surface area contributed by atoms with Crippen LogP contribution >= 0.6 is 0 Å². The summed E-state index contributed by atoms with van der Waals surface area (Å²) >= 11 is 0. The normalized spacial score (nSPS) is 18.8. The van der Waals surface area contributed by atoms with Gasteiger partial charge in [0.2, 0.25) is 5.91 Å². The Kier molecular flexibility index (Phi) is 4.52. The summed E-state index contributed by atoms with van der Waals surface area (Å²) in [6.45, 7) is 1.32. The molecule has 0 aliphatic carbocycles. The van der Waals surface area contributed by atoms with E-state index in [-0.39, 0.29) is 17.5 Å². The molecule has 19 heavy (non-hydrogen) atoms. The number of amides is 1. The van der Waals surface area contributed by atoms with E-state index in [1.54, 1.807) is 24.3 Å². The smallest absolute Gasteiger partial charge is 0.335 e. The zero-order chi connectivity index (χ0) is 13.7. The number of rotatable bonds is 4. The fourth-order valence-corrected chi connectivity index (χ4v) is 2.15. The Hall–Kier alpha value is -1.88. The van der Waals surface area contributed by atoms with Crippen LogP contribution in [-0.2, 0) is 11.3 Å². The molecule has 1 aromatic carbocycles. The molecule has 1 aliphatic rings. The number of carboxylic acid groups (broad SMARTS) is 1. The fraction of sp³-hybridized carbons (Fsp3) is 0.429. The molecule has 102 valence electrons. The number of benzene rings is 1. The predicted octanol–water partition coefficient (Wildman–Crippen LogP) is 1.14. The predicted molar refractivity (Wildman–Crippen MR) is 70.9 cm³/mol. The molecule has 5 nitrogen and oxygen atoms in total. The second kappa shape index (κ2) is 6.33. The highest BCUT2D eigenvalue weighted by atomic mass is 16.4. The van der Waals surface area contributed by atoms with Gasteiger partial charge in [0.15, 0.2) is 0 Å². The Morgan fingerprint density at radius 2 is 2.00 bits per heavy atom. The number of piperidine rings is 1. The number of carbonyl (C=O) groups excluding carboxylic acids is 1. The van der Waals surface area contributed by atoms with Crippen LogP contribution in [0.5, 0.6) is 0 Å². The molecule has 5 heteroatoms. The SMILES string of the molecule is O=C(O)c1ccc(CNC(=O)[C@@H]2CCCCN2)cc1. The summed E-state index contributed by atoms with van der Waals surface area (Å²) in [6, 6.07) is 6.44. The zero-order valence-electron chi connectivity index (χ0n) is 10.7. The minimum absolute atomic E-state index is 0.0158. The van der Waals surface area contributed by atoms with Crippen molar-refractivity contribution in [3.8, 4) is 0 Å². The van der Waals surface area contributed by atoms with E-state index in [1.807, 2.05) is 0 Å². The van der Waals surface area contributed by atoms with Crippen molar-refractivity contribution in [1.82, 2.24) is 10.6 Å². The highest BCUT2D eigenvalue weighted by Gasteiger charge is 2.19. The Bertz CT molecular complexity index is 450. The van der Waals surface area contributed by atoms with Crippen molar-refractivity contribution < 1.29 is 14.7 Å². The number of hydrogen-bond donors (Lipinski definition) is 3. The van der Waals surface area contributed by atoms with Gasteiger partial charge >= 0.3 is 5.97 Å². The van der Waals surface area contributed by atoms with Crippen LogP contribution in [0.3, 0.4) is 0 Å². The molecule has 0 spiro atoms. The summed E-state index contributed by atoms with van der Waals surface area (Å²) in [6.07, 6.45) is 3.09. The van der Waals surface area contributed by atoms with E-state index in [9.17, 15) is 9.59 Å². The average Bonchev–Trinajstić information content (AvgIpc) is 2.46. The van der Waals surface area contributed by atoms with Crippen molar-refractivity contribution in [2.75, 3.05) is 6.54 Å². The molecule has 1 amide bonds. The van der Waals surface area contributed by atoms with Gasteiger partial charge in [-0.3, -0.25) is 4.79 Å². The summed E-state index contributed by atoms with van der Waals surface area (Å²) in [5, 5.41) is 14.8. The van der Waals surface area contributed by atoms with Crippen LogP contribution in [0.2, 0.25) is 0 Å². The van der Waals surface area contributed by atoms with Crippen LogP contribution in [0.15, 0.2) is 24.3 Å². The molecule has 0 aromatic heterocycles. The molecule has 0 bridgehead atoms. The monoisotopic (exact) mass is 262 g/mol. The van der Waals surface area contributed by atoms with Gasteiger partial charge < -0.3 is 15.7 Å². The van der Waals surface area contributed by atoms with E-state index in [0.717, 1.165) is 31.4 Å². The van der Waals surface area contributed by atoms with Crippen molar-refractivity contribution in [2.24, 2.45) is 0 Å². The quantitative estimate of drug-likeness (QED) is 0.760. The second-order valence-corrected chi connectivity index (χ2v) is 4.72. The van der Waals surface area contributed by atoms with Crippen molar-refractivity contribution in [3.63, 3.8) is 0 Å². The van der Waals surface area contributed by atoms with Gasteiger partial charge in [-0.2, -0.15) is 0 Å². The maximum atomic E-state index is 11.9. The summed E-state index contributed by atoms with van der Waals surface area (Å²) in [4.78, 5) is 22.6. The Labute approximate surface area is 112 Å². The van der Waals surface area contributed by atoms with E-state index >= 15 is 0 Å². The summed E-state index contributed by atoms with van der Waals surface area (Å²) in [7, 11) is 0. The molecule has 1 fully saturated rings. The van der Waals surface area contributed by atoms with Crippen molar-refractivity contribution >= 4 is 11.9 Å². The Morgan fingerprint density at radius 3 is 2.58 bits per heavy atom. The average molecular weight is 262 g/mol. The van der Waals surface area contributed by atoms with Gasteiger partial charge in [0.25, 0.3) is 0 Å². The standard InChI is InChI=1S/C14H18N2O3/c17-13(12-3-1-2-8-15-12)16-9-10-4-6-11(7-5-10)14(18)19/h4-7,12,15H,1-3,8-9H2,(H,16,17)(H,18,19)/t12-/m0/s1. The first kappa shape index (κ1) is 13.5. The van der Waals surface area contributed by atoms with E-state index in [4.69, 9.17) is 5.11 Å². The molecular weight excluding hydrogens is 244 g/mol. The lowest BCUT2D eigenvalue weighted by molar-refractivity contribution is -0.123. The van der Waals surface area contributed by atoms with Gasteiger partial charge in [0.05, 0.1) is 11.6 Å². The summed E-state index contributed by atoms with van der Waals surface area (Å²) in [5.41, 5.74) is 1.15. The van der Waals surface area contributed by atoms with Gasteiger partial charge in [-0.25, -0.2) is 4.79 Å². The van der Waals surface area contributed by atoms with Crippen LogP contribution in [-0.4, -0.2) is 29.6 Å². The fourth-order valence-electron chi connectivity index (χ4n) is 2.15. The lowest BCUT2D eigenvalue weighted by atomic mass is 10.0. The highest BCUT2D eigenvalue weighted by molar-refractivity contribution is 5.87. The molecule has 1 aromatic rings. The molecular formula is C14H18N2O3. The zero-order valence-corrected chi connectivity index (χ0v) is 10.7. The van der Waals surface area contributed by atoms with Crippen LogP contribution in [0.4, 0.5) is 0 Å². The molecule has 1 aliphatic heterocycles. The first-order chi connectivity index (χ1) is 9.16. The van der Waals surface area contributed by atoms with Crippen molar-refractivity contribution in [1.29, 1.82) is 0 Å². The molecule has 0 unspecified atom stereocenters. The number of hydrogen-bond acceptors (Lipinski definition) is 3. The second-order valence-electron chi connectivity index (χ2n) is 4.72. The van der Waals surface area contributed by atoms with Gasteiger partial charge in [0.1, 0.15) is 0 Å². The number of carboxylic acids is 1. The van der Waals surface area contributed by atoms with Crippen molar-refractivity contribution in [3.05, 3.63) is 35.4 Å². The van der Waals surface area contributed by atoms with E-state index in [2.05, 4.69) is 10.6 Å². The van der Waals surface area contributed by atoms with E-state index < -0.39 is 5.97 Å². The third-order valence-corrected chi connectivity index (χ3v) is 3.29. The van der Waals surface area contributed by atoms with E-state index in [1.165, 1.54) is 0 Å². The molecule has 1 atom stereocenters. The topological polar surface area (TPSA) is 78.4 Å².